The quantitative estimate of drug-likeness (QED) is 0.281. The van der Waals surface area contributed by atoms with Gasteiger partial charge in [-0.05, 0) is 25.5 Å². The topological polar surface area (TPSA) is 81.5 Å². The highest BCUT2D eigenvalue weighted by Crippen LogP contribution is 2.25. The molecule has 102 valence electrons. The molecule has 19 heavy (non-hydrogen) atoms. The predicted molar refractivity (Wildman–Crippen MR) is 72.4 cm³/mol. The fraction of sp³-hybridized carbons (Fsp3) is 0.308. The SMILES string of the molecule is C/C=C/CCNc1cc(C(=O)OC)ccc1[N+](=O)[O-]. The lowest BCUT2D eigenvalue weighted by Crippen LogP contribution is -2.07. The highest BCUT2D eigenvalue weighted by atomic mass is 16.6. The summed E-state index contributed by atoms with van der Waals surface area (Å²) in [7, 11) is 1.27. The van der Waals surface area contributed by atoms with Crippen molar-refractivity contribution in [2.75, 3.05) is 19.0 Å². The summed E-state index contributed by atoms with van der Waals surface area (Å²) in [5, 5.41) is 13.8. The Balaban J connectivity index is 2.95. The zero-order chi connectivity index (χ0) is 14.3. The molecule has 0 aliphatic heterocycles. The third kappa shape index (κ3) is 4.09. The molecule has 1 N–H and O–H groups in total. The number of benzene rings is 1. The first kappa shape index (κ1) is 14.7. The maximum absolute atomic E-state index is 11.4. The number of rotatable bonds is 6. The lowest BCUT2D eigenvalue weighted by Gasteiger charge is -2.07. The number of nitrogens with one attached hydrogen (secondary N) is 1. The first-order valence-electron chi connectivity index (χ1n) is 5.82. The Morgan fingerprint density at radius 1 is 1.53 bits per heavy atom. The molecule has 0 fully saturated rings. The Kier molecular flexibility index (Phi) is 5.53. The minimum Gasteiger partial charge on any atom is -0.465 e. The molecule has 0 aliphatic carbocycles. The highest BCUT2D eigenvalue weighted by molar-refractivity contribution is 5.91. The van der Waals surface area contributed by atoms with Gasteiger partial charge in [-0.3, -0.25) is 10.1 Å². The van der Waals surface area contributed by atoms with Gasteiger partial charge < -0.3 is 10.1 Å². The van der Waals surface area contributed by atoms with Gasteiger partial charge in [-0.2, -0.15) is 0 Å². The van der Waals surface area contributed by atoms with Crippen LogP contribution in [0.25, 0.3) is 0 Å². The molecule has 1 rings (SSSR count). The van der Waals surface area contributed by atoms with Gasteiger partial charge in [-0.25, -0.2) is 4.79 Å². The van der Waals surface area contributed by atoms with Gasteiger partial charge in [0.25, 0.3) is 5.69 Å². The number of esters is 1. The molecule has 0 amide bonds. The zero-order valence-corrected chi connectivity index (χ0v) is 10.9. The summed E-state index contributed by atoms with van der Waals surface area (Å²) >= 11 is 0. The van der Waals surface area contributed by atoms with Crippen molar-refractivity contribution in [3.8, 4) is 0 Å². The molecule has 0 saturated heterocycles. The van der Waals surface area contributed by atoms with Crippen LogP contribution < -0.4 is 5.32 Å². The molecule has 0 saturated carbocycles. The van der Waals surface area contributed by atoms with Crippen molar-refractivity contribution in [3.63, 3.8) is 0 Å². The first-order chi connectivity index (χ1) is 9.10. The number of nitrogens with zero attached hydrogens (tertiary/aromatic N) is 1. The second kappa shape index (κ2) is 7.15. The number of anilines is 1. The number of allylic oxidation sites excluding steroid dienone is 1. The van der Waals surface area contributed by atoms with Gasteiger partial charge in [0.15, 0.2) is 0 Å². The minimum absolute atomic E-state index is 0.0619. The monoisotopic (exact) mass is 264 g/mol. The van der Waals surface area contributed by atoms with Crippen molar-refractivity contribution in [2.45, 2.75) is 13.3 Å². The molecule has 0 radical (unpaired) electrons. The first-order valence-corrected chi connectivity index (χ1v) is 5.82. The molecule has 0 heterocycles. The van der Waals surface area contributed by atoms with Crippen molar-refractivity contribution in [3.05, 3.63) is 46.0 Å². The maximum atomic E-state index is 11.4. The molecule has 0 aromatic heterocycles. The predicted octanol–water partition coefficient (Wildman–Crippen LogP) is 2.76. The second-order valence-electron chi connectivity index (χ2n) is 3.77. The van der Waals surface area contributed by atoms with Crippen LogP contribution in [0, 0.1) is 10.1 Å². The Bertz CT molecular complexity index is 497. The van der Waals surface area contributed by atoms with Crippen LogP contribution in [0.4, 0.5) is 11.4 Å². The van der Waals surface area contributed by atoms with E-state index in [0.29, 0.717) is 12.2 Å². The van der Waals surface area contributed by atoms with E-state index < -0.39 is 10.9 Å². The fourth-order valence-electron chi connectivity index (χ4n) is 1.54. The van der Waals surface area contributed by atoms with Crippen molar-refractivity contribution in [2.24, 2.45) is 0 Å². The number of nitro groups is 1. The normalized spacial score (nSPS) is 10.4. The van der Waals surface area contributed by atoms with Crippen LogP contribution in [0.5, 0.6) is 0 Å². The van der Waals surface area contributed by atoms with Crippen molar-refractivity contribution >= 4 is 17.3 Å². The fourth-order valence-corrected chi connectivity index (χ4v) is 1.54. The standard InChI is InChI=1S/C13H16N2O4/c1-3-4-5-8-14-11-9-10(13(16)19-2)6-7-12(11)15(17)18/h3-4,6-7,9,14H,5,8H2,1-2H3/b4-3+. The van der Waals surface area contributed by atoms with E-state index in [-0.39, 0.29) is 11.3 Å². The Morgan fingerprint density at radius 2 is 2.26 bits per heavy atom. The van der Waals surface area contributed by atoms with Gasteiger partial charge in [0.2, 0.25) is 0 Å². The summed E-state index contributed by atoms with van der Waals surface area (Å²) < 4.78 is 4.59. The largest absolute Gasteiger partial charge is 0.465 e. The van der Waals surface area contributed by atoms with E-state index in [2.05, 4.69) is 10.1 Å². The van der Waals surface area contributed by atoms with Crippen LogP contribution in [-0.4, -0.2) is 24.5 Å². The molecule has 1 aromatic rings. The van der Waals surface area contributed by atoms with E-state index in [0.717, 1.165) is 6.42 Å². The van der Waals surface area contributed by atoms with E-state index in [1.165, 1.54) is 25.3 Å². The van der Waals surface area contributed by atoms with Crippen LogP contribution in [-0.2, 0) is 4.74 Å². The number of hydrogen-bond donors (Lipinski definition) is 1. The summed E-state index contributed by atoms with van der Waals surface area (Å²) in [6.07, 6.45) is 4.60. The van der Waals surface area contributed by atoms with Crippen LogP contribution in [0.1, 0.15) is 23.7 Å². The molecule has 0 unspecified atom stereocenters. The van der Waals surface area contributed by atoms with Gasteiger partial charge in [0.1, 0.15) is 5.69 Å². The van der Waals surface area contributed by atoms with Gasteiger partial charge in [-0.15, -0.1) is 0 Å². The molecular formula is C13H16N2O4. The summed E-state index contributed by atoms with van der Waals surface area (Å²) in [5.74, 6) is -0.522. The van der Waals surface area contributed by atoms with Gasteiger partial charge in [0.05, 0.1) is 17.6 Å². The number of ether oxygens (including phenoxy) is 1. The maximum Gasteiger partial charge on any atom is 0.337 e. The number of hydrogen-bond acceptors (Lipinski definition) is 5. The summed E-state index contributed by atoms with van der Waals surface area (Å²) in [5.41, 5.74) is 0.534. The third-order valence-corrected chi connectivity index (χ3v) is 2.48. The zero-order valence-electron chi connectivity index (χ0n) is 10.9. The molecule has 0 aliphatic rings. The number of methoxy groups -OCH3 is 1. The van der Waals surface area contributed by atoms with Crippen molar-refractivity contribution < 1.29 is 14.5 Å². The molecule has 0 atom stereocenters. The van der Waals surface area contributed by atoms with Crippen molar-refractivity contribution in [1.29, 1.82) is 0 Å². The van der Waals surface area contributed by atoms with Gasteiger partial charge >= 0.3 is 5.97 Å². The third-order valence-electron chi connectivity index (χ3n) is 2.48. The molecule has 6 nitrogen and oxygen atoms in total. The summed E-state index contributed by atoms with van der Waals surface area (Å²) in [4.78, 5) is 21.8. The highest BCUT2D eigenvalue weighted by Gasteiger charge is 2.16. The average Bonchev–Trinajstić information content (AvgIpc) is 2.42. The number of nitro benzene ring substituents is 1. The average molecular weight is 264 g/mol. The van der Waals surface area contributed by atoms with Crippen LogP contribution >= 0.6 is 0 Å². The van der Waals surface area contributed by atoms with E-state index in [9.17, 15) is 14.9 Å². The molecule has 6 heteroatoms. The molecule has 1 aromatic carbocycles. The number of carbonyl (C=O) groups is 1. The van der Waals surface area contributed by atoms with Gasteiger partial charge in [-0.1, -0.05) is 12.2 Å². The molecular weight excluding hydrogens is 248 g/mol. The summed E-state index contributed by atoms with van der Waals surface area (Å²) in [6, 6.07) is 4.10. The van der Waals surface area contributed by atoms with E-state index >= 15 is 0 Å². The number of carbonyl (C=O) groups excluding carboxylic acids is 1. The van der Waals surface area contributed by atoms with E-state index in [1.54, 1.807) is 0 Å². The Hall–Kier alpha value is -2.37. The smallest absolute Gasteiger partial charge is 0.337 e. The Labute approximate surface area is 111 Å². The minimum atomic E-state index is -0.522. The van der Waals surface area contributed by atoms with Crippen LogP contribution in [0.2, 0.25) is 0 Å². The Morgan fingerprint density at radius 3 is 2.84 bits per heavy atom. The summed E-state index contributed by atoms with van der Waals surface area (Å²) in [6.45, 7) is 2.45. The van der Waals surface area contributed by atoms with E-state index in [4.69, 9.17) is 0 Å². The lowest BCUT2D eigenvalue weighted by molar-refractivity contribution is -0.384. The molecule has 0 spiro atoms. The van der Waals surface area contributed by atoms with E-state index in [1.807, 2.05) is 19.1 Å². The van der Waals surface area contributed by atoms with Crippen LogP contribution in [0.3, 0.4) is 0 Å². The van der Waals surface area contributed by atoms with Crippen LogP contribution in [0.15, 0.2) is 30.4 Å². The van der Waals surface area contributed by atoms with Gasteiger partial charge in [0, 0.05) is 12.6 Å². The molecule has 0 bridgehead atoms. The lowest BCUT2D eigenvalue weighted by atomic mass is 10.1. The second-order valence-corrected chi connectivity index (χ2v) is 3.77. The van der Waals surface area contributed by atoms with Crippen molar-refractivity contribution in [1.82, 2.24) is 0 Å².